The zero-order valence-corrected chi connectivity index (χ0v) is 13.6. The molecule has 3 aliphatic rings. The van der Waals surface area contributed by atoms with Crippen molar-refractivity contribution in [3.8, 4) is 0 Å². The Morgan fingerprint density at radius 1 is 1.09 bits per heavy atom. The van der Waals surface area contributed by atoms with Crippen LogP contribution in [0.4, 0.5) is 10.6 Å². The van der Waals surface area contributed by atoms with Crippen LogP contribution in [0.5, 0.6) is 0 Å². The van der Waals surface area contributed by atoms with Crippen molar-refractivity contribution in [3.63, 3.8) is 0 Å². The van der Waals surface area contributed by atoms with Gasteiger partial charge in [0.15, 0.2) is 11.5 Å². The summed E-state index contributed by atoms with van der Waals surface area (Å²) in [6, 6.07) is -0.186. The maximum atomic E-state index is 12.4. The van der Waals surface area contributed by atoms with Gasteiger partial charge in [-0.15, -0.1) is 10.2 Å². The molecule has 3 amide bonds. The lowest BCUT2D eigenvalue weighted by molar-refractivity contribution is 0.0788. The number of likely N-dealkylation sites (tertiary alicyclic amines) is 2. The molecule has 3 saturated heterocycles. The standard InChI is InChI=1S/C14H20N6O2S/c21-13(19-3-1-2-4-19)11-12(17-18-16-11)15-14(22)20-5-9-7-23-8-10(9)6-20/h9-10H,1-8H2,(H2,15,16,17,18,22)/t9-,10+. The number of carbonyl (C=O) groups is 2. The maximum absolute atomic E-state index is 12.4. The number of hydrogen-bond donors (Lipinski definition) is 2. The number of anilines is 1. The highest BCUT2D eigenvalue weighted by Gasteiger charge is 2.39. The highest BCUT2D eigenvalue weighted by Crippen LogP contribution is 2.36. The van der Waals surface area contributed by atoms with E-state index in [-0.39, 0.29) is 23.5 Å². The third kappa shape index (κ3) is 2.77. The molecule has 4 heterocycles. The SMILES string of the molecule is O=C(Nc1n[nH]nc1C(=O)N1CCCC1)N1C[C@H]2CSC[C@H]2C1. The highest BCUT2D eigenvalue weighted by atomic mass is 32.2. The van der Waals surface area contributed by atoms with E-state index in [9.17, 15) is 9.59 Å². The summed E-state index contributed by atoms with van der Waals surface area (Å²) in [5, 5.41) is 13.1. The molecule has 3 aliphatic heterocycles. The molecule has 124 valence electrons. The van der Waals surface area contributed by atoms with E-state index in [1.807, 2.05) is 16.7 Å². The van der Waals surface area contributed by atoms with Crippen LogP contribution in [0.15, 0.2) is 0 Å². The van der Waals surface area contributed by atoms with Gasteiger partial charge in [-0.25, -0.2) is 4.79 Å². The van der Waals surface area contributed by atoms with Gasteiger partial charge in [0.2, 0.25) is 0 Å². The van der Waals surface area contributed by atoms with E-state index in [2.05, 4.69) is 20.7 Å². The van der Waals surface area contributed by atoms with Crippen LogP contribution in [0.3, 0.4) is 0 Å². The molecule has 1 aromatic heterocycles. The highest BCUT2D eigenvalue weighted by molar-refractivity contribution is 7.99. The fourth-order valence-corrected chi connectivity index (χ4v) is 5.07. The molecular weight excluding hydrogens is 316 g/mol. The van der Waals surface area contributed by atoms with E-state index in [1.165, 1.54) is 0 Å². The first kappa shape index (κ1) is 14.8. The van der Waals surface area contributed by atoms with Crippen LogP contribution >= 0.6 is 11.8 Å². The second-order valence-corrected chi connectivity index (χ2v) is 7.49. The van der Waals surface area contributed by atoms with Crippen molar-refractivity contribution >= 4 is 29.5 Å². The summed E-state index contributed by atoms with van der Waals surface area (Å²) in [4.78, 5) is 28.5. The first-order valence-corrected chi connectivity index (χ1v) is 9.21. The topological polar surface area (TPSA) is 94.2 Å². The molecule has 23 heavy (non-hydrogen) atoms. The monoisotopic (exact) mass is 336 g/mol. The quantitative estimate of drug-likeness (QED) is 0.836. The molecule has 1 aromatic rings. The Labute approximate surface area is 138 Å². The fraction of sp³-hybridized carbons (Fsp3) is 0.714. The molecule has 0 unspecified atom stereocenters. The van der Waals surface area contributed by atoms with E-state index in [0.29, 0.717) is 11.8 Å². The summed E-state index contributed by atoms with van der Waals surface area (Å²) < 4.78 is 0. The normalized spacial score (nSPS) is 26.6. The van der Waals surface area contributed by atoms with Gasteiger partial charge < -0.3 is 9.80 Å². The molecule has 0 spiro atoms. The second kappa shape index (κ2) is 6.03. The van der Waals surface area contributed by atoms with Gasteiger partial charge in [-0.3, -0.25) is 10.1 Å². The molecule has 0 saturated carbocycles. The first-order chi connectivity index (χ1) is 11.2. The van der Waals surface area contributed by atoms with Gasteiger partial charge in [0.05, 0.1) is 0 Å². The number of urea groups is 1. The molecule has 0 aromatic carbocycles. The Bertz CT molecular complexity index is 602. The lowest BCUT2D eigenvalue weighted by Crippen LogP contribution is -2.35. The molecule has 2 N–H and O–H groups in total. The molecule has 0 radical (unpaired) electrons. The Morgan fingerprint density at radius 2 is 1.78 bits per heavy atom. The summed E-state index contributed by atoms with van der Waals surface area (Å²) in [7, 11) is 0. The molecule has 2 atom stereocenters. The molecule has 4 rings (SSSR count). The maximum Gasteiger partial charge on any atom is 0.323 e. The van der Waals surface area contributed by atoms with Crippen molar-refractivity contribution in [1.29, 1.82) is 0 Å². The summed E-state index contributed by atoms with van der Waals surface area (Å²) in [6.07, 6.45) is 2.03. The summed E-state index contributed by atoms with van der Waals surface area (Å²) in [5.41, 5.74) is 0.204. The number of H-pyrrole nitrogens is 1. The lowest BCUT2D eigenvalue weighted by Gasteiger charge is -2.18. The van der Waals surface area contributed by atoms with E-state index < -0.39 is 0 Å². The van der Waals surface area contributed by atoms with Gasteiger partial charge in [-0.2, -0.15) is 17.0 Å². The number of fused-ring (bicyclic) bond motifs is 1. The van der Waals surface area contributed by atoms with Crippen LogP contribution in [0.25, 0.3) is 0 Å². The van der Waals surface area contributed by atoms with Crippen LogP contribution in [-0.4, -0.2) is 74.8 Å². The molecule has 0 bridgehead atoms. The van der Waals surface area contributed by atoms with E-state index in [1.54, 1.807) is 4.90 Å². The fourth-order valence-electron chi connectivity index (χ4n) is 3.57. The van der Waals surface area contributed by atoms with E-state index in [4.69, 9.17) is 0 Å². The minimum absolute atomic E-state index is 0.166. The minimum Gasteiger partial charge on any atom is -0.337 e. The molecule has 9 heteroatoms. The van der Waals surface area contributed by atoms with Crippen LogP contribution in [0.2, 0.25) is 0 Å². The summed E-state index contributed by atoms with van der Waals surface area (Å²) >= 11 is 1.97. The van der Waals surface area contributed by atoms with Crippen molar-refractivity contribution in [2.75, 3.05) is 43.0 Å². The van der Waals surface area contributed by atoms with Gasteiger partial charge in [0.25, 0.3) is 5.91 Å². The number of aromatic amines is 1. The average molecular weight is 336 g/mol. The average Bonchev–Trinajstić information content (AvgIpc) is 3.29. The van der Waals surface area contributed by atoms with Crippen LogP contribution in [0.1, 0.15) is 23.3 Å². The third-order valence-electron chi connectivity index (χ3n) is 4.90. The van der Waals surface area contributed by atoms with Crippen molar-refractivity contribution in [2.24, 2.45) is 11.8 Å². The molecular formula is C14H20N6O2S. The second-order valence-electron chi connectivity index (χ2n) is 6.41. The van der Waals surface area contributed by atoms with Crippen molar-refractivity contribution in [1.82, 2.24) is 25.2 Å². The first-order valence-electron chi connectivity index (χ1n) is 8.06. The van der Waals surface area contributed by atoms with Gasteiger partial charge >= 0.3 is 6.03 Å². The van der Waals surface area contributed by atoms with Crippen molar-refractivity contribution < 1.29 is 9.59 Å². The van der Waals surface area contributed by atoms with Gasteiger partial charge in [0.1, 0.15) is 0 Å². The molecule has 3 fully saturated rings. The number of aromatic nitrogens is 3. The van der Waals surface area contributed by atoms with Gasteiger partial charge in [-0.1, -0.05) is 0 Å². The number of amides is 3. The summed E-state index contributed by atoms with van der Waals surface area (Å²) in [6.45, 7) is 3.06. The number of thioether (sulfide) groups is 1. The molecule has 8 nitrogen and oxygen atoms in total. The number of hydrogen-bond acceptors (Lipinski definition) is 5. The van der Waals surface area contributed by atoms with E-state index in [0.717, 1.165) is 50.5 Å². The summed E-state index contributed by atoms with van der Waals surface area (Å²) in [5.74, 6) is 3.55. The third-order valence-corrected chi connectivity index (χ3v) is 6.22. The van der Waals surface area contributed by atoms with Crippen LogP contribution in [0, 0.1) is 11.8 Å². The van der Waals surface area contributed by atoms with Gasteiger partial charge in [0, 0.05) is 26.2 Å². The number of carbonyl (C=O) groups excluding carboxylic acids is 2. The lowest BCUT2D eigenvalue weighted by atomic mass is 10.0. The number of rotatable bonds is 2. The Morgan fingerprint density at radius 3 is 2.48 bits per heavy atom. The zero-order chi connectivity index (χ0) is 15.8. The Balaban J connectivity index is 1.42. The number of nitrogens with zero attached hydrogens (tertiary/aromatic N) is 4. The zero-order valence-electron chi connectivity index (χ0n) is 12.8. The minimum atomic E-state index is -0.186. The number of nitrogens with one attached hydrogen (secondary N) is 2. The van der Waals surface area contributed by atoms with Crippen molar-refractivity contribution in [3.05, 3.63) is 5.69 Å². The predicted octanol–water partition coefficient (Wildman–Crippen LogP) is 0.867. The van der Waals surface area contributed by atoms with Crippen LogP contribution < -0.4 is 5.32 Å². The van der Waals surface area contributed by atoms with Gasteiger partial charge in [-0.05, 0) is 36.2 Å². The van der Waals surface area contributed by atoms with Crippen molar-refractivity contribution in [2.45, 2.75) is 12.8 Å². The van der Waals surface area contributed by atoms with Crippen LogP contribution in [-0.2, 0) is 0 Å². The Kier molecular flexibility index (Phi) is 3.88. The van der Waals surface area contributed by atoms with E-state index >= 15 is 0 Å². The Hall–Kier alpha value is -1.77. The largest absolute Gasteiger partial charge is 0.337 e. The predicted molar refractivity (Wildman–Crippen MR) is 86.4 cm³/mol. The molecule has 0 aliphatic carbocycles. The smallest absolute Gasteiger partial charge is 0.323 e.